The highest BCUT2D eigenvalue weighted by atomic mass is 35.5. The number of nitrogens with zero attached hydrogens (tertiary/aromatic N) is 1. The average molecular weight is 374 g/mol. The normalized spacial score (nSPS) is 37.3. The maximum atomic E-state index is 13.0. The number of allylic oxidation sites excluding steroid dienone is 1. The minimum atomic E-state index is -3.47. The number of hydrogen-bond acceptors (Lipinski definition) is 3. The number of amides is 1. The fourth-order valence-electron chi connectivity index (χ4n) is 5.44. The molecule has 3 fully saturated rings. The summed E-state index contributed by atoms with van der Waals surface area (Å²) in [6.07, 6.45) is 6.24. The molecule has 3 rings (SSSR count). The van der Waals surface area contributed by atoms with Crippen LogP contribution in [0.5, 0.6) is 0 Å². The first-order valence-corrected chi connectivity index (χ1v) is 10.9. The zero-order valence-electron chi connectivity index (χ0n) is 15.0. The Morgan fingerprint density at radius 1 is 1.29 bits per heavy atom. The second-order valence-electron chi connectivity index (χ2n) is 8.63. The van der Waals surface area contributed by atoms with Gasteiger partial charge in [0, 0.05) is 16.9 Å². The molecule has 1 unspecified atom stereocenters. The van der Waals surface area contributed by atoms with Gasteiger partial charge >= 0.3 is 0 Å². The monoisotopic (exact) mass is 373 g/mol. The molecule has 1 amide bonds. The van der Waals surface area contributed by atoms with Crippen LogP contribution in [0.15, 0.2) is 11.6 Å². The molecule has 1 heterocycles. The third-order valence-electron chi connectivity index (χ3n) is 7.20. The van der Waals surface area contributed by atoms with Gasteiger partial charge in [-0.1, -0.05) is 45.4 Å². The Balaban J connectivity index is 1.89. The van der Waals surface area contributed by atoms with Crippen LogP contribution in [0.4, 0.5) is 0 Å². The van der Waals surface area contributed by atoms with Gasteiger partial charge in [0.2, 0.25) is 5.91 Å². The van der Waals surface area contributed by atoms with Gasteiger partial charge in [-0.25, -0.2) is 12.7 Å². The minimum Gasteiger partial charge on any atom is -0.273 e. The first-order chi connectivity index (χ1) is 11.1. The lowest BCUT2D eigenvalue weighted by atomic mass is 9.69. The van der Waals surface area contributed by atoms with E-state index in [-0.39, 0.29) is 28.6 Å². The zero-order valence-corrected chi connectivity index (χ0v) is 16.5. The molecular formula is C18H28ClNO3S. The maximum Gasteiger partial charge on any atom is 0.261 e. The summed E-state index contributed by atoms with van der Waals surface area (Å²) in [4.78, 5) is 13.0. The van der Waals surface area contributed by atoms with Crippen LogP contribution in [0.2, 0.25) is 0 Å². The summed E-state index contributed by atoms with van der Waals surface area (Å²) < 4.78 is 26.7. The largest absolute Gasteiger partial charge is 0.273 e. The smallest absolute Gasteiger partial charge is 0.261 e. The molecule has 4 nitrogen and oxygen atoms in total. The van der Waals surface area contributed by atoms with Gasteiger partial charge in [0.1, 0.15) is 0 Å². The number of hydrogen-bond donors (Lipinski definition) is 0. The molecule has 24 heavy (non-hydrogen) atoms. The van der Waals surface area contributed by atoms with E-state index in [2.05, 4.69) is 13.8 Å². The van der Waals surface area contributed by atoms with E-state index >= 15 is 0 Å². The van der Waals surface area contributed by atoms with Crippen molar-refractivity contribution in [1.29, 1.82) is 0 Å². The Kier molecular flexibility index (Phi) is 4.36. The van der Waals surface area contributed by atoms with E-state index in [1.807, 2.05) is 13.8 Å². The molecule has 6 heteroatoms. The van der Waals surface area contributed by atoms with E-state index < -0.39 is 15.4 Å². The first kappa shape index (κ1) is 18.2. The van der Waals surface area contributed by atoms with Crippen molar-refractivity contribution in [2.45, 2.75) is 65.2 Å². The van der Waals surface area contributed by atoms with Crippen molar-refractivity contribution in [1.82, 2.24) is 4.31 Å². The van der Waals surface area contributed by atoms with Crippen molar-refractivity contribution >= 4 is 27.5 Å². The van der Waals surface area contributed by atoms with E-state index in [0.717, 1.165) is 25.7 Å². The lowest BCUT2D eigenvalue weighted by Gasteiger charge is -2.36. The Morgan fingerprint density at radius 2 is 1.88 bits per heavy atom. The lowest BCUT2D eigenvalue weighted by Crippen LogP contribution is -2.39. The van der Waals surface area contributed by atoms with Crippen molar-refractivity contribution < 1.29 is 13.2 Å². The van der Waals surface area contributed by atoms with E-state index in [1.54, 1.807) is 6.08 Å². The molecule has 3 aliphatic rings. The predicted molar refractivity (Wildman–Crippen MR) is 95.7 cm³/mol. The van der Waals surface area contributed by atoms with Crippen molar-refractivity contribution in [3.63, 3.8) is 0 Å². The molecule has 0 aromatic rings. The van der Waals surface area contributed by atoms with Gasteiger partial charge in [0.25, 0.3) is 10.0 Å². The fourth-order valence-corrected chi connectivity index (χ4v) is 7.96. The molecule has 2 aliphatic carbocycles. The van der Waals surface area contributed by atoms with Gasteiger partial charge in [-0.2, -0.15) is 0 Å². The second kappa shape index (κ2) is 5.73. The Hall–Kier alpha value is -0.550. The van der Waals surface area contributed by atoms with Gasteiger partial charge < -0.3 is 0 Å². The van der Waals surface area contributed by atoms with Crippen molar-refractivity contribution in [2.24, 2.45) is 28.6 Å². The third kappa shape index (κ3) is 2.30. The van der Waals surface area contributed by atoms with Crippen LogP contribution >= 0.6 is 11.6 Å². The number of carbonyl (C=O) groups is 1. The zero-order chi connectivity index (χ0) is 17.9. The van der Waals surface area contributed by atoms with E-state index in [9.17, 15) is 13.2 Å². The van der Waals surface area contributed by atoms with Crippen molar-refractivity contribution in [3.8, 4) is 0 Å². The molecule has 2 saturated carbocycles. The van der Waals surface area contributed by atoms with E-state index in [1.165, 1.54) is 9.84 Å². The number of halogens is 1. The predicted octanol–water partition coefficient (Wildman–Crippen LogP) is 4.12. The molecule has 136 valence electrons. The van der Waals surface area contributed by atoms with E-state index in [0.29, 0.717) is 12.3 Å². The number of fused-ring (bicyclic) bond motifs is 2. The lowest BCUT2D eigenvalue weighted by molar-refractivity contribution is -0.131. The van der Waals surface area contributed by atoms with Crippen LogP contribution in [0, 0.1) is 28.6 Å². The van der Waals surface area contributed by atoms with Crippen molar-refractivity contribution in [3.05, 3.63) is 11.6 Å². The minimum absolute atomic E-state index is 0.0108. The molecule has 1 aliphatic heterocycles. The van der Waals surface area contributed by atoms with Crippen LogP contribution in [-0.2, 0) is 14.8 Å². The van der Waals surface area contributed by atoms with E-state index in [4.69, 9.17) is 11.6 Å². The molecule has 0 N–H and O–H groups in total. The highest BCUT2D eigenvalue weighted by Gasteiger charge is 2.76. The number of carbonyl (C=O) groups excluding carboxylic acids is 1. The van der Waals surface area contributed by atoms with Gasteiger partial charge in [-0.3, -0.25) is 4.79 Å². The van der Waals surface area contributed by atoms with Crippen LogP contribution in [0.3, 0.4) is 0 Å². The molecule has 2 atom stereocenters. The summed E-state index contributed by atoms with van der Waals surface area (Å²) in [5, 5.41) is -0.610. The van der Waals surface area contributed by atoms with Gasteiger partial charge in [-0.05, 0) is 49.4 Å². The highest BCUT2D eigenvalue weighted by Crippen LogP contribution is 2.71. The molecule has 0 spiro atoms. The van der Waals surface area contributed by atoms with Gasteiger partial charge in [-0.15, -0.1) is 0 Å². The molecule has 2 bridgehead atoms. The molecule has 1 saturated heterocycles. The first-order valence-electron chi connectivity index (χ1n) is 8.93. The fraction of sp³-hybridized carbons (Fsp3) is 0.833. The van der Waals surface area contributed by atoms with Crippen LogP contribution < -0.4 is 0 Å². The third-order valence-corrected chi connectivity index (χ3v) is 9.32. The molecule has 0 aromatic heterocycles. The number of sulfonamides is 1. The Labute approximate surface area is 150 Å². The summed E-state index contributed by atoms with van der Waals surface area (Å²) in [5.41, 5.74) is 1.14. The molecule has 0 aromatic carbocycles. The molecular weight excluding hydrogens is 346 g/mol. The van der Waals surface area contributed by atoms with Gasteiger partial charge in [0.05, 0.1) is 0 Å². The summed E-state index contributed by atoms with van der Waals surface area (Å²) in [6, 6.07) is 0. The average Bonchev–Trinajstić information content (AvgIpc) is 2.89. The Bertz CT molecular complexity index is 660. The summed E-state index contributed by atoms with van der Waals surface area (Å²) >= 11 is 5.60. The standard InChI is InChI=1S/C18H28ClNO3S/c1-12(2)14(6-5-11-19)15(21)20-16(24(20,22)23)18-9-7-13(8-10-18)17(18,3)4/h5,11-14,16H,6-10H2,1-4H3/b11-5+/t13?,14-,16?,18?,20?/m0/s1. The second-order valence-corrected chi connectivity index (χ2v) is 10.8. The summed E-state index contributed by atoms with van der Waals surface area (Å²) in [7, 11) is -3.47. The quantitative estimate of drug-likeness (QED) is 0.681. The summed E-state index contributed by atoms with van der Waals surface area (Å²) in [5.74, 6) is 0.0840. The topological polar surface area (TPSA) is 54.2 Å². The maximum absolute atomic E-state index is 13.0. The SMILES string of the molecule is CC(C)[C@H](C/C=C/Cl)C(=O)N1C(C23CCC(CC2)C3(C)C)S1(=O)=O. The summed E-state index contributed by atoms with van der Waals surface area (Å²) in [6.45, 7) is 8.31. The van der Waals surface area contributed by atoms with Gasteiger partial charge in [0.15, 0.2) is 5.37 Å². The van der Waals surface area contributed by atoms with Crippen molar-refractivity contribution in [2.75, 3.05) is 0 Å². The van der Waals surface area contributed by atoms with Crippen LogP contribution in [0.1, 0.15) is 59.8 Å². The molecule has 0 radical (unpaired) electrons. The Morgan fingerprint density at radius 3 is 2.29 bits per heavy atom. The van der Waals surface area contributed by atoms with Crippen LogP contribution in [0.25, 0.3) is 0 Å². The number of rotatable bonds is 5. The highest BCUT2D eigenvalue weighted by molar-refractivity contribution is 7.96. The van der Waals surface area contributed by atoms with Crippen LogP contribution in [-0.4, -0.2) is 24.0 Å².